The molecule has 0 saturated heterocycles. The fourth-order valence-electron chi connectivity index (χ4n) is 1.96. The van der Waals surface area contributed by atoms with E-state index in [2.05, 4.69) is 10.1 Å². The molecule has 2 aromatic rings. The van der Waals surface area contributed by atoms with Crippen LogP contribution in [0.2, 0.25) is 0 Å². The maximum atomic E-state index is 12.0. The normalized spacial score (nSPS) is 10.3. The van der Waals surface area contributed by atoms with Gasteiger partial charge in [0.1, 0.15) is 17.1 Å². The number of ether oxygens (including phenoxy) is 1. The highest BCUT2D eigenvalue weighted by molar-refractivity contribution is 7.98. The average molecular weight is 319 g/mol. The van der Waals surface area contributed by atoms with E-state index in [9.17, 15) is 9.59 Å². The molecule has 116 valence electrons. The lowest BCUT2D eigenvalue weighted by molar-refractivity contribution is 0.0598. The number of thioether (sulfide) groups is 1. The Hall–Kier alpha value is -2.21. The van der Waals surface area contributed by atoms with Crippen molar-refractivity contribution in [3.05, 3.63) is 53.0 Å². The predicted octanol–water partition coefficient (Wildman–Crippen LogP) is 3.03. The largest absolute Gasteiger partial charge is 0.465 e. The molecule has 6 heteroatoms. The fourth-order valence-corrected chi connectivity index (χ4v) is 2.36. The lowest BCUT2D eigenvalue weighted by atomic mass is 10.2. The highest BCUT2D eigenvalue weighted by Crippen LogP contribution is 2.17. The molecular weight excluding hydrogens is 302 g/mol. The van der Waals surface area contributed by atoms with Crippen LogP contribution in [-0.2, 0) is 11.3 Å². The van der Waals surface area contributed by atoms with Crippen molar-refractivity contribution in [2.75, 3.05) is 13.4 Å². The molecule has 1 heterocycles. The molecule has 5 nitrogen and oxygen atoms in total. The first-order chi connectivity index (χ1) is 10.5. The Bertz CT molecular complexity index is 676. The minimum Gasteiger partial charge on any atom is -0.465 e. The number of amides is 1. The first-order valence-corrected chi connectivity index (χ1v) is 7.87. The van der Waals surface area contributed by atoms with Gasteiger partial charge in [0.05, 0.1) is 13.7 Å². The number of nitrogens with one attached hydrogen (secondary N) is 1. The Labute approximate surface area is 133 Å². The van der Waals surface area contributed by atoms with Crippen molar-refractivity contribution in [3.8, 4) is 0 Å². The number of aryl methyl sites for hydroxylation is 1. The van der Waals surface area contributed by atoms with E-state index in [1.165, 1.54) is 7.11 Å². The molecule has 1 N–H and O–H groups in total. The zero-order chi connectivity index (χ0) is 16.1. The van der Waals surface area contributed by atoms with Gasteiger partial charge >= 0.3 is 5.97 Å². The topological polar surface area (TPSA) is 68.5 Å². The Balaban J connectivity index is 2.00. The van der Waals surface area contributed by atoms with Crippen LogP contribution in [0.25, 0.3) is 0 Å². The molecule has 0 spiro atoms. The fraction of sp³-hybridized carbons (Fsp3) is 0.250. The minimum absolute atomic E-state index is 0.193. The van der Waals surface area contributed by atoms with Gasteiger partial charge in [-0.05, 0) is 43.5 Å². The van der Waals surface area contributed by atoms with E-state index in [1.54, 1.807) is 36.9 Å². The molecule has 1 aromatic carbocycles. The molecule has 1 amide bonds. The SMILES string of the molecule is COC(=O)c1cc(CNC(=O)c2ccc(SC)cc2)oc1C. The predicted molar refractivity (Wildman–Crippen MR) is 84.2 cm³/mol. The second kappa shape index (κ2) is 7.17. The van der Waals surface area contributed by atoms with Gasteiger partial charge in [0.15, 0.2) is 0 Å². The first kappa shape index (κ1) is 16.2. The molecule has 0 aliphatic heterocycles. The number of esters is 1. The molecule has 0 bridgehead atoms. The Morgan fingerprint density at radius 2 is 1.95 bits per heavy atom. The van der Waals surface area contributed by atoms with Crippen molar-refractivity contribution in [1.29, 1.82) is 0 Å². The molecule has 22 heavy (non-hydrogen) atoms. The number of benzene rings is 1. The lowest BCUT2D eigenvalue weighted by Crippen LogP contribution is -2.22. The molecule has 0 radical (unpaired) electrons. The van der Waals surface area contributed by atoms with E-state index in [0.717, 1.165) is 4.90 Å². The Kier molecular flexibility index (Phi) is 5.27. The smallest absolute Gasteiger partial charge is 0.341 e. The maximum Gasteiger partial charge on any atom is 0.341 e. The van der Waals surface area contributed by atoms with Gasteiger partial charge < -0.3 is 14.5 Å². The van der Waals surface area contributed by atoms with E-state index in [-0.39, 0.29) is 12.5 Å². The van der Waals surface area contributed by atoms with Gasteiger partial charge in [-0.15, -0.1) is 11.8 Å². The summed E-state index contributed by atoms with van der Waals surface area (Å²) < 4.78 is 10.1. The quantitative estimate of drug-likeness (QED) is 0.678. The van der Waals surface area contributed by atoms with E-state index < -0.39 is 5.97 Å². The Morgan fingerprint density at radius 3 is 2.55 bits per heavy atom. The van der Waals surface area contributed by atoms with Crippen molar-refractivity contribution in [1.82, 2.24) is 5.32 Å². The number of furan rings is 1. The molecule has 0 fully saturated rings. The van der Waals surface area contributed by atoms with Crippen LogP contribution in [0.1, 0.15) is 32.2 Å². The van der Waals surface area contributed by atoms with Gasteiger partial charge in [0.2, 0.25) is 0 Å². The highest BCUT2D eigenvalue weighted by atomic mass is 32.2. The van der Waals surface area contributed by atoms with Crippen molar-refractivity contribution in [2.45, 2.75) is 18.4 Å². The van der Waals surface area contributed by atoms with Crippen LogP contribution < -0.4 is 5.32 Å². The van der Waals surface area contributed by atoms with Crippen LogP contribution in [0.3, 0.4) is 0 Å². The number of methoxy groups -OCH3 is 1. The second-order valence-electron chi connectivity index (χ2n) is 4.59. The summed E-state index contributed by atoms with van der Waals surface area (Å²) in [6.45, 7) is 1.89. The second-order valence-corrected chi connectivity index (χ2v) is 5.46. The van der Waals surface area contributed by atoms with Crippen LogP contribution in [-0.4, -0.2) is 25.2 Å². The number of carbonyl (C=O) groups is 2. The third-order valence-electron chi connectivity index (χ3n) is 3.15. The summed E-state index contributed by atoms with van der Waals surface area (Å²) in [6, 6.07) is 8.92. The van der Waals surface area contributed by atoms with Gasteiger partial charge in [-0.2, -0.15) is 0 Å². The van der Waals surface area contributed by atoms with Gasteiger partial charge in [-0.3, -0.25) is 4.79 Å². The monoisotopic (exact) mass is 319 g/mol. The zero-order valence-electron chi connectivity index (χ0n) is 12.6. The zero-order valence-corrected chi connectivity index (χ0v) is 13.5. The van der Waals surface area contributed by atoms with Crippen LogP contribution in [0.4, 0.5) is 0 Å². The van der Waals surface area contributed by atoms with E-state index in [4.69, 9.17) is 4.42 Å². The van der Waals surface area contributed by atoms with Crippen molar-refractivity contribution in [3.63, 3.8) is 0 Å². The summed E-state index contributed by atoms with van der Waals surface area (Å²) in [7, 11) is 1.31. The molecule has 0 saturated carbocycles. The maximum absolute atomic E-state index is 12.0. The number of hydrogen-bond acceptors (Lipinski definition) is 5. The van der Waals surface area contributed by atoms with Gasteiger partial charge in [0.25, 0.3) is 5.91 Å². The summed E-state index contributed by atoms with van der Waals surface area (Å²) in [5, 5.41) is 2.76. The summed E-state index contributed by atoms with van der Waals surface area (Å²) in [4.78, 5) is 24.6. The van der Waals surface area contributed by atoms with Crippen LogP contribution in [0.15, 0.2) is 39.6 Å². The highest BCUT2D eigenvalue weighted by Gasteiger charge is 2.15. The average Bonchev–Trinajstić information content (AvgIpc) is 2.92. The first-order valence-electron chi connectivity index (χ1n) is 6.65. The van der Waals surface area contributed by atoms with E-state index >= 15 is 0 Å². The summed E-state index contributed by atoms with van der Waals surface area (Å²) in [5.74, 6) is 0.334. The third kappa shape index (κ3) is 3.71. The Morgan fingerprint density at radius 1 is 1.27 bits per heavy atom. The minimum atomic E-state index is -0.452. The van der Waals surface area contributed by atoms with Crippen molar-refractivity contribution in [2.24, 2.45) is 0 Å². The number of carbonyl (C=O) groups excluding carboxylic acids is 2. The van der Waals surface area contributed by atoms with Crippen molar-refractivity contribution >= 4 is 23.6 Å². The standard InChI is InChI=1S/C16H17NO4S/c1-10-14(16(19)20-2)8-12(21-10)9-17-15(18)11-4-6-13(22-3)7-5-11/h4-8H,9H2,1-3H3,(H,17,18). The summed E-state index contributed by atoms with van der Waals surface area (Å²) in [5.41, 5.74) is 0.949. The summed E-state index contributed by atoms with van der Waals surface area (Å²) >= 11 is 1.62. The third-order valence-corrected chi connectivity index (χ3v) is 3.89. The molecule has 1 aromatic heterocycles. The molecule has 2 rings (SSSR count). The molecular formula is C16H17NO4S. The van der Waals surface area contributed by atoms with Gasteiger partial charge in [-0.1, -0.05) is 0 Å². The van der Waals surface area contributed by atoms with Crippen molar-refractivity contribution < 1.29 is 18.7 Å². The molecule has 0 unspecified atom stereocenters. The molecule has 0 aliphatic carbocycles. The molecule has 0 aliphatic rings. The van der Waals surface area contributed by atoms with Gasteiger partial charge in [-0.25, -0.2) is 4.79 Å². The number of rotatable bonds is 5. The van der Waals surface area contributed by atoms with Gasteiger partial charge in [0, 0.05) is 10.5 Å². The van der Waals surface area contributed by atoms with E-state index in [1.807, 2.05) is 18.4 Å². The van der Waals surface area contributed by atoms with Crippen LogP contribution in [0.5, 0.6) is 0 Å². The van der Waals surface area contributed by atoms with Crippen LogP contribution in [0, 0.1) is 6.92 Å². The summed E-state index contributed by atoms with van der Waals surface area (Å²) in [6.07, 6.45) is 1.98. The number of hydrogen-bond donors (Lipinski definition) is 1. The molecule has 0 atom stereocenters. The lowest BCUT2D eigenvalue weighted by Gasteiger charge is -2.04. The van der Waals surface area contributed by atoms with E-state index in [0.29, 0.717) is 22.6 Å². The van der Waals surface area contributed by atoms with Crippen LogP contribution >= 0.6 is 11.8 Å².